The van der Waals surface area contributed by atoms with Gasteiger partial charge in [-0.05, 0) is 24.3 Å². The minimum atomic E-state index is 0.534. The first-order valence-electron chi connectivity index (χ1n) is 6.00. The summed E-state index contributed by atoms with van der Waals surface area (Å²) in [5.74, 6) is 1.93. The average Bonchev–Trinajstić information content (AvgIpc) is 2.92. The molecule has 0 aliphatic rings. The van der Waals surface area contributed by atoms with Gasteiger partial charge in [0.2, 0.25) is 11.7 Å². The van der Waals surface area contributed by atoms with Crippen molar-refractivity contribution in [3.05, 3.63) is 30.2 Å². The first-order chi connectivity index (χ1) is 9.33. The van der Waals surface area contributed by atoms with Crippen LogP contribution in [-0.2, 0) is 11.3 Å². The molecule has 0 aliphatic heterocycles. The molecular weight excluding hydrogens is 246 g/mol. The third-order valence-electron chi connectivity index (χ3n) is 2.58. The number of aromatic nitrogens is 2. The summed E-state index contributed by atoms with van der Waals surface area (Å²) in [7, 11) is 3.29. The third kappa shape index (κ3) is 3.77. The number of nitrogens with zero attached hydrogens (tertiary/aromatic N) is 2. The van der Waals surface area contributed by atoms with Gasteiger partial charge in [0.05, 0.1) is 20.3 Å². The topological polar surface area (TPSA) is 69.4 Å². The van der Waals surface area contributed by atoms with Crippen molar-refractivity contribution in [2.75, 3.05) is 27.4 Å². The number of rotatable bonds is 7. The molecule has 0 radical (unpaired) electrons. The van der Waals surface area contributed by atoms with Crippen LogP contribution in [0.4, 0.5) is 0 Å². The minimum Gasteiger partial charge on any atom is -0.497 e. The van der Waals surface area contributed by atoms with Crippen molar-refractivity contribution in [2.24, 2.45) is 0 Å². The van der Waals surface area contributed by atoms with Crippen molar-refractivity contribution in [2.45, 2.75) is 6.54 Å². The lowest BCUT2D eigenvalue weighted by molar-refractivity contribution is 0.197. The highest BCUT2D eigenvalue weighted by Gasteiger charge is 2.08. The molecule has 0 bridgehead atoms. The standard InChI is InChI=1S/C13H17N3O3/c1-17-8-7-14-9-12-15-13(16-19-12)10-3-5-11(18-2)6-4-10/h3-6,14H,7-9H2,1-2H3. The summed E-state index contributed by atoms with van der Waals surface area (Å²) in [6.45, 7) is 1.93. The Hall–Kier alpha value is -1.92. The number of methoxy groups -OCH3 is 2. The smallest absolute Gasteiger partial charge is 0.240 e. The lowest BCUT2D eigenvalue weighted by atomic mass is 10.2. The van der Waals surface area contributed by atoms with Gasteiger partial charge in [-0.3, -0.25) is 0 Å². The molecule has 1 heterocycles. The SMILES string of the molecule is COCCNCc1nc(-c2ccc(OC)cc2)no1. The van der Waals surface area contributed by atoms with Gasteiger partial charge in [0.1, 0.15) is 5.75 Å². The molecule has 2 rings (SSSR count). The van der Waals surface area contributed by atoms with E-state index in [1.807, 2.05) is 24.3 Å². The van der Waals surface area contributed by atoms with E-state index in [2.05, 4.69) is 15.5 Å². The van der Waals surface area contributed by atoms with E-state index < -0.39 is 0 Å². The van der Waals surface area contributed by atoms with E-state index in [9.17, 15) is 0 Å². The molecule has 6 heteroatoms. The molecule has 102 valence electrons. The zero-order chi connectivity index (χ0) is 13.5. The van der Waals surface area contributed by atoms with Gasteiger partial charge < -0.3 is 19.3 Å². The molecule has 6 nitrogen and oxygen atoms in total. The number of benzene rings is 1. The summed E-state index contributed by atoms with van der Waals surface area (Å²) in [5, 5.41) is 7.09. The highest BCUT2D eigenvalue weighted by atomic mass is 16.5. The molecule has 2 aromatic rings. The fraction of sp³-hybridized carbons (Fsp3) is 0.385. The summed E-state index contributed by atoms with van der Waals surface area (Å²) < 4.78 is 15.2. The second-order valence-electron chi connectivity index (χ2n) is 3.91. The van der Waals surface area contributed by atoms with Gasteiger partial charge in [0, 0.05) is 19.2 Å². The normalized spacial score (nSPS) is 10.6. The van der Waals surface area contributed by atoms with Crippen molar-refractivity contribution in [3.63, 3.8) is 0 Å². The van der Waals surface area contributed by atoms with Crippen molar-refractivity contribution in [1.82, 2.24) is 15.5 Å². The van der Waals surface area contributed by atoms with Crippen LogP contribution in [0.3, 0.4) is 0 Å². The lowest BCUT2D eigenvalue weighted by Gasteiger charge is -1.99. The Bertz CT molecular complexity index is 496. The number of hydrogen-bond acceptors (Lipinski definition) is 6. The molecule has 19 heavy (non-hydrogen) atoms. The van der Waals surface area contributed by atoms with Crippen molar-refractivity contribution < 1.29 is 14.0 Å². The Balaban J connectivity index is 1.95. The Morgan fingerprint density at radius 1 is 1.21 bits per heavy atom. The van der Waals surface area contributed by atoms with Crippen LogP contribution in [-0.4, -0.2) is 37.5 Å². The van der Waals surface area contributed by atoms with E-state index in [0.717, 1.165) is 17.9 Å². The molecule has 1 aromatic carbocycles. The van der Waals surface area contributed by atoms with Crippen LogP contribution >= 0.6 is 0 Å². The van der Waals surface area contributed by atoms with E-state index in [4.69, 9.17) is 14.0 Å². The van der Waals surface area contributed by atoms with Crippen LogP contribution in [0.25, 0.3) is 11.4 Å². The fourth-order valence-corrected chi connectivity index (χ4v) is 1.55. The summed E-state index contributed by atoms with van der Waals surface area (Å²) in [6.07, 6.45) is 0. The zero-order valence-corrected chi connectivity index (χ0v) is 11.0. The molecule has 0 atom stereocenters. The lowest BCUT2D eigenvalue weighted by Crippen LogP contribution is -2.18. The second kappa shape index (κ2) is 6.86. The van der Waals surface area contributed by atoms with Gasteiger partial charge in [0.25, 0.3) is 0 Å². The van der Waals surface area contributed by atoms with Crippen LogP contribution in [0.5, 0.6) is 5.75 Å². The van der Waals surface area contributed by atoms with Gasteiger partial charge >= 0.3 is 0 Å². The highest BCUT2D eigenvalue weighted by molar-refractivity contribution is 5.55. The van der Waals surface area contributed by atoms with Crippen LogP contribution in [0.1, 0.15) is 5.89 Å². The van der Waals surface area contributed by atoms with E-state index in [0.29, 0.717) is 24.9 Å². The highest BCUT2D eigenvalue weighted by Crippen LogP contribution is 2.19. The summed E-state index contributed by atoms with van der Waals surface area (Å²) in [5.41, 5.74) is 0.896. The molecule has 0 amide bonds. The average molecular weight is 263 g/mol. The number of nitrogens with one attached hydrogen (secondary N) is 1. The molecular formula is C13H17N3O3. The van der Waals surface area contributed by atoms with Gasteiger partial charge in [0.15, 0.2) is 0 Å². The molecule has 1 aromatic heterocycles. The van der Waals surface area contributed by atoms with E-state index in [1.54, 1.807) is 14.2 Å². The molecule has 0 aliphatic carbocycles. The van der Waals surface area contributed by atoms with Crippen LogP contribution < -0.4 is 10.1 Å². The van der Waals surface area contributed by atoms with Crippen molar-refractivity contribution in [1.29, 1.82) is 0 Å². The Morgan fingerprint density at radius 3 is 2.68 bits per heavy atom. The maximum absolute atomic E-state index is 5.16. The van der Waals surface area contributed by atoms with E-state index in [-0.39, 0.29) is 0 Å². The van der Waals surface area contributed by atoms with Crippen LogP contribution in [0.15, 0.2) is 28.8 Å². The largest absolute Gasteiger partial charge is 0.497 e. The maximum atomic E-state index is 5.16. The zero-order valence-electron chi connectivity index (χ0n) is 11.0. The predicted octanol–water partition coefficient (Wildman–Crippen LogP) is 1.48. The molecule has 0 saturated heterocycles. The quantitative estimate of drug-likeness (QED) is 0.763. The summed E-state index contributed by atoms with van der Waals surface area (Å²) in [6, 6.07) is 7.52. The third-order valence-corrected chi connectivity index (χ3v) is 2.58. The molecule has 0 spiro atoms. The second-order valence-corrected chi connectivity index (χ2v) is 3.91. The number of hydrogen-bond donors (Lipinski definition) is 1. The van der Waals surface area contributed by atoms with E-state index >= 15 is 0 Å². The Morgan fingerprint density at radius 2 is 2.00 bits per heavy atom. The fourth-order valence-electron chi connectivity index (χ4n) is 1.55. The van der Waals surface area contributed by atoms with Gasteiger partial charge in [-0.1, -0.05) is 5.16 Å². The van der Waals surface area contributed by atoms with Gasteiger partial charge in [-0.2, -0.15) is 4.98 Å². The van der Waals surface area contributed by atoms with Gasteiger partial charge in [-0.15, -0.1) is 0 Å². The molecule has 1 N–H and O–H groups in total. The first-order valence-corrected chi connectivity index (χ1v) is 6.00. The summed E-state index contributed by atoms with van der Waals surface area (Å²) in [4.78, 5) is 4.31. The minimum absolute atomic E-state index is 0.534. The van der Waals surface area contributed by atoms with Gasteiger partial charge in [-0.25, -0.2) is 0 Å². The Labute approximate surface area is 111 Å². The molecule has 0 fully saturated rings. The predicted molar refractivity (Wildman–Crippen MR) is 69.9 cm³/mol. The van der Waals surface area contributed by atoms with Crippen LogP contribution in [0.2, 0.25) is 0 Å². The Kier molecular flexibility index (Phi) is 4.88. The molecule has 0 unspecified atom stereocenters. The number of ether oxygens (including phenoxy) is 2. The maximum Gasteiger partial charge on any atom is 0.240 e. The molecule has 0 saturated carbocycles. The summed E-state index contributed by atoms with van der Waals surface area (Å²) >= 11 is 0. The van der Waals surface area contributed by atoms with Crippen LogP contribution in [0, 0.1) is 0 Å². The van der Waals surface area contributed by atoms with Crippen molar-refractivity contribution in [3.8, 4) is 17.1 Å². The first kappa shape index (κ1) is 13.5. The monoisotopic (exact) mass is 263 g/mol. The van der Waals surface area contributed by atoms with E-state index in [1.165, 1.54) is 0 Å². The van der Waals surface area contributed by atoms with Crippen molar-refractivity contribution >= 4 is 0 Å².